The third-order valence-electron chi connectivity index (χ3n) is 3.00. The molecule has 0 radical (unpaired) electrons. The number of hydrogen-bond acceptors (Lipinski definition) is 3. The van der Waals surface area contributed by atoms with Crippen LogP contribution in [0.1, 0.15) is 24.3 Å². The fraction of sp³-hybridized carbons (Fsp3) is 0.333. The summed E-state index contributed by atoms with van der Waals surface area (Å²) >= 11 is 1.77. The molecule has 1 heterocycles. The minimum Gasteiger partial charge on any atom is -0.392 e. The van der Waals surface area contributed by atoms with E-state index in [1.165, 1.54) is 4.88 Å². The molecule has 0 aliphatic rings. The van der Waals surface area contributed by atoms with Gasteiger partial charge in [-0.3, -0.25) is 0 Å². The lowest BCUT2D eigenvalue weighted by atomic mass is 10.1. The summed E-state index contributed by atoms with van der Waals surface area (Å²) in [4.78, 5) is 3.67. The highest BCUT2D eigenvalue weighted by Crippen LogP contribution is 2.25. The van der Waals surface area contributed by atoms with Gasteiger partial charge in [0.05, 0.1) is 13.2 Å². The summed E-state index contributed by atoms with van der Waals surface area (Å²) in [6.45, 7) is 5.35. The lowest BCUT2D eigenvalue weighted by Crippen LogP contribution is -2.30. The molecule has 0 amide bonds. The molecule has 2 rings (SSSR count). The van der Waals surface area contributed by atoms with E-state index in [-0.39, 0.29) is 6.61 Å². The van der Waals surface area contributed by atoms with Crippen LogP contribution < -0.4 is 4.90 Å². The van der Waals surface area contributed by atoms with Gasteiger partial charge in [0.1, 0.15) is 0 Å². The molecule has 3 heteroatoms. The Kier molecular flexibility index (Phi) is 4.39. The summed E-state index contributed by atoms with van der Waals surface area (Å²) in [7, 11) is 0. The first-order chi connectivity index (χ1) is 8.72. The molecule has 0 aliphatic heterocycles. The number of nitrogens with zero attached hydrogens (tertiary/aromatic N) is 1. The second-order valence-corrected chi connectivity index (χ2v) is 5.62. The Labute approximate surface area is 113 Å². The SMILES string of the molecule is CC(C)N(Cc1cccs1)c1ccccc1CO. The molecule has 0 atom stereocenters. The highest BCUT2D eigenvalue weighted by atomic mass is 32.1. The van der Waals surface area contributed by atoms with E-state index in [1.807, 2.05) is 18.2 Å². The van der Waals surface area contributed by atoms with Gasteiger partial charge in [0.2, 0.25) is 0 Å². The Balaban J connectivity index is 2.29. The van der Waals surface area contributed by atoms with Crippen molar-refractivity contribution < 1.29 is 5.11 Å². The Morgan fingerprint density at radius 2 is 1.94 bits per heavy atom. The molecule has 1 aromatic carbocycles. The minimum absolute atomic E-state index is 0.0871. The van der Waals surface area contributed by atoms with E-state index in [4.69, 9.17) is 0 Å². The van der Waals surface area contributed by atoms with Crippen molar-refractivity contribution in [3.8, 4) is 0 Å². The molecular formula is C15H19NOS. The summed E-state index contributed by atoms with van der Waals surface area (Å²) in [5.41, 5.74) is 2.12. The van der Waals surface area contributed by atoms with Crippen LogP contribution in [-0.4, -0.2) is 11.1 Å². The quantitative estimate of drug-likeness (QED) is 0.888. The van der Waals surface area contributed by atoms with E-state index in [2.05, 4.69) is 42.3 Å². The Hall–Kier alpha value is -1.32. The number of benzene rings is 1. The zero-order chi connectivity index (χ0) is 13.0. The number of anilines is 1. The van der Waals surface area contributed by atoms with Gasteiger partial charge in [-0.15, -0.1) is 11.3 Å². The Bertz CT molecular complexity index is 479. The first-order valence-corrected chi connectivity index (χ1v) is 7.08. The highest BCUT2D eigenvalue weighted by Gasteiger charge is 2.14. The maximum atomic E-state index is 9.45. The topological polar surface area (TPSA) is 23.5 Å². The van der Waals surface area contributed by atoms with Gasteiger partial charge in [0, 0.05) is 22.2 Å². The Morgan fingerprint density at radius 1 is 1.17 bits per heavy atom. The summed E-state index contributed by atoms with van der Waals surface area (Å²) < 4.78 is 0. The van der Waals surface area contributed by atoms with Gasteiger partial charge in [-0.05, 0) is 31.4 Å². The van der Waals surface area contributed by atoms with E-state index < -0.39 is 0 Å². The van der Waals surface area contributed by atoms with Crippen molar-refractivity contribution in [2.24, 2.45) is 0 Å². The number of para-hydroxylation sites is 1. The molecular weight excluding hydrogens is 242 g/mol. The zero-order valence-electron chi connectivity index (χ0n) is 10.8. The van der Waals surface area contributed by atoms with Gasteiger partial charge in [0.15, 0.2) is 0 Å². The molecule has 96 valence electrons. The zero-order valence-corrected chi connectivity index (χ0v) is 11.7. The molecule has 0 saturated heterocycles. The van der Waals surface area contributed by atoms with Crippen molar-refractivity contribution in [2.45, 2.75) is 33.0 Å². The highest BCUT2D eigenvalue weighted by molar-refractivity contribution is 7.09. The molecule has 0 spiro atoms. The number of thiophene rings is 1. The van der Waals surface area contributed by atoms with Crippen LogP contribution in [0, 0.1) is 0 Å². The van der Waals surface area contributed by atoms with Crippen molar-refractivity contribution in [3.05, 3.63) is 52.2 Å². The fourth-order valence-corrected chi connectivity index (χ4v) is 2.74. The lowest BCUT2D eigenvalue weighted by molar-refractivity contribution is 0.282. The molecule has 1 aromatic heterocycles. The standard InChI is InChI=1S/C15H19NOS/c1-12(2)16(10-14-7-5-9-18-14)15-8-4-3-6-13(15)11-17/h3-9,12,17H,10-11H2,1-2H3. The van der Waals surface area contributed by atoms with Gasteiger partial charge in [-0.2, -0.15) is 0 Å². The normalized spacial score (nSPS) is 10.9. The second kappa shape index (κ2) is 6.03. The minimum atomic E-state index is 0.0871. The van der Waals surface area contributed by atoms with Crippen molar-refractivity contribution in [1.82, 2.24) is 0 Å². The maximum Gasteiger partial charge on any atom is 0.0702 e. The summed E-state index contributed by atoms with van der Waals surface area (Å²) in [5, 5.41) is 11.6. The monoisotopic (exact) mass is 261 g/mol. The van der Waals surface area contributed by atoms with Gasteiger partial charge in [-0.25, -0.2) is 0 Å². The van der Waals surface area contributed by atoms with Crippen LogP contribution in [0.25, 0.3) is 0 Å². The van der Waals surface area contributed by atoms with E-state index in [0.717, 1.165) is 17.8 Å². The predicted octanol–water partition coefficient (Wildman–Crippen LogP) is 3.66. The number of aliphatic hydroxyl groups excluding tert-OH is 1. The lowest BCUT2D eigenvalue weighted by Gasteiger charge is -2.30. The van der Waals surface area contributed by atoms with Crippen molar-refractivity contribution in [1.29, 1.82) is 0 Å². The molecule has 1 N–H and O–H groups in total. The van der Waals surface area contributed by atoms with Crippen molar-refractivity contribution in [3.63, 3.8) is 0 Å². The average molecular weight is 261 g/mol. The molecule has 0 fully saturated rings. The summed E-state index contributed by atoms with van der Waals surface area (Å²) in [6.07, 6.45) is 0. The molecule has 0 aliphatic carbocycles. The average Bonchev–Trinajstić information content (AvgIpc) is 2.88. The third-order valence-corrected chi connectivity index (χ3v) is 3.86. The fourth-order valence-electron chi connectivity index (χ4n) is 2.04. The predicted molar refractivity (Wildman–Crippen MR) is 78.0 cm³/mol. The van der Waals surface area contributed by atoms with Gasteiger partial charge in [-0.1, -0.05) is 24.3 Å². The molecule has 2 aromatic rings. The smallest absolute Gasteiger partial charge is 0.0702 e. The van der Waals surface area contributed by atoms with E-state index >= 15 is 0 Å². The van der Waals surface area contributed by atoms with Crippen molar-refractivity contribution >= 4 is 17.0 Å². The Morgan fingerprint density at radius 3 is 2.56 bits per heavy atom. The van der Waals surface area contributed by atoms with Crippen LogP contribution in [0.5, 0.6) is 0 Å². The molecule has 0 unspecified atom stereocenters. The van der Waals surface area contributed by atoms with Gasteiger partial charge >= 0.3 is 0 Å². The van der Waals surface area contributed by atoms with Gasteiger partial charge < -0.3 is 10.0 Å². The third kappa shape index (κ3) is 2.92. The first kappa shape index (κ1) is 13.1. The van der Waals surface area contributed by atoms with E-state index in [0.29, 0.717) is 6.04 Å². The first-order valence-electron chi connectivity index (χ1n) is 6.20. The number of aliphatic hydroxyl groups is 1. The molecule has 18 heavy (non-hydrogen) atoms. The second-order valence-electron chi connectivity index (χ2n) is 4.59. The van der Waals surface area contributed by atoms with Crippen LogP contribution in [0.15, 0.2) is 41.8 Å². The van der Waals surface area contributed by atoms with Crippen LogP contribution >= 0.6 is 11.3 Å². The molecule has 0 bridgehead atoms. The van der Waals surface area contributed by atoms with Crippen LogP contribution in [-0.2, 0) is 13.2 Å². The van der Waals surface area contributed by atoms with Crippen LogP contribution in [0.2, 0.25) is 0 Å². The number of rotatable bonds is 5. The molecule has 2 nitrogen and oxygen atoms in total. The van der Waals surface area contributed by atoms with E-state index in [9.17, 15) is 5.11 Å². The van der Waals surface area contributed by atoms with Crippen molar-refractivity contribution in [2.75, 3.05) is 4.90 Å². The van der Waals surface area contributed by atoms with Crippen LogP contribution in [0.4, 0.5) is 5.69 Å². The van der Waals surface area contributed by atoms with E-state index in [1.54, 1.807) is 11.3 Å². The molecule has 0 saturated carbocycles. The number of hydrogen-bond donors (Lipinski definition) is 1. The van der Waals surface area contributed by atoms with Crippen LogP contribution in [0.3, 0.4) is 0 Å². The van der Waals surface area contributed by atoms with Gasteiger partial charge in [0.25, 0.3) is 0 Å². The summed E-state index contributed by atoms with van der Waals surface area (Å²) in [6, 6.07) is 12.7. The maximum absolute atomic E-state index is 9.45. The largest absolute Gasteiger partial charge is 0.392 e. The summed E-state index contributed by atoms with van der Waals surface area (Å²) in [5.74, 6) is 0.